The average molecular weight is 516 g/mol. The summed E-state index contributed by atoms with van der Waals surface area (Å²) in [6.07, 6.45) is 4.14. The third kappa shape index (κ3) is 5.71. The Bertz CT molecular complexity index is 1270. The number of pyridine rings is 1. The molecule has 37 heavy (non-hydrogen) atoms. The summed E-state index contributed by atoms with van der Waals surface area (Å²) < 4.78 is 67.3. The number of hydrogen-bond acceptors (Lipinski definition) is 6. The number of alkyl halides is 2. The molecule has 1 unspecified atom stereocenters. The number of nitrogens with zero attached hydrogens (tertiary/aromatic N) is 3. The largest absolute Gasteiger partial charge is 0.458 e. The van der Waals surface area contributed by atoms with Crippen molar-refractivity contribution in [2.45, 2.75) is 50.0 Å². The van der Waals surface area contributed by atoms with Crippen LogP contribution in [0.4, 0.5) is 23.2 Å². The topological polar surface area (TPSA) is 86.2 Å². The van der Waals surface area contributed by atoms with Gasteiger partial charge in [-0.2, -0.15) is 0 Å². The van der Waals surface area contributed by atoms with Crippen molar-refractivity contribution in [2.75, 3.05) is 18.5 Å². The first-order valence-corrected chi connectivity index (χ1v) is 12.0. The van der Waals surface area contributed by atoms with E-state index in [1.54, 1.807) is 0 Å². The summed E-state index contributed by atoms with van der Waals surface area (Å²) >= 11 is 0. The predicted molar refractivity (Wildman–Crippen MR) is 126 cm³/mol. The Morgan fingerprint density at radius 2 is 1.78 bits per heavy atom. The maximum atomic E-state index is 14.7. The quantitative estimate of drug-likeness (QED) is 0.434. The first-order valence-electron chi connectivity index (χ1n) is 12.0. The van der Waals surface area contributed by atoms with Crippen LogP contribution in [0.2, 0.25) is 0 Å². The molecule has 1 aliphatic carbocycles. The Labute approximate surface area is 210 Å². The van der Waals surface area contributed by atoms with Crippen LogP contribution in [0, 0.1) is 11.6 Å². The zero-order valence-electron chi connectivity index (χ0n) is 19.7. The fraction of sp³-hybridized carbons (Fsp3) is 0.385. The molecule has 2 fully saturated rings. The lowest BCUT2D eigenvalue weighted by Crippen LogP contribution is -2.25. The number of hydrogen-bond donors (Lipinski definition) is 1. The second-order valence-electron chi connectivity index (χ2n) is 9.19. The number of amides is 1. The van der Waals surface area contributed by atoms with E-state index in [1.165, 1.54) is 24.7 Å². The summed E-state index contributed by atoms with van der Waals surface area (Å²) in [6.45, 7) is 1.02. The van der Waals surface area contributed by atoms with Crippen molar-refractivity contribution in [3.05, 3.63) is 65.7 Å². The van der Waals surface area contributed by atoms with Crippen molar-refractivity contribution in [3.8, 4) is 17.1 Å². The number of ether oxygens (including phenoxy) is 2. The van der Waals surface area contributed by atoms with Gasteiger partial charge in [0.2, 0.25) is 5.92 Å². The van der Waals surface area contributed by atoms with Crippen molar-refractivity contribution < 1.29 is 31.8 Å². The summed E-state index contributed by atoms with van der Waals surface area (Å²) in [5, 5.41) is 2.73. The van der Waals surface area contributed by atoms with Crippen LogP contribution in [-0.4, -0.2) is 46.1 Å². The van der Waals surface area contributed by atoms with Gasteiger partial charge in [-0.05, 0) is 37.1 Å². The molecule has 7 nitrogen and oxygen atoms in total. The molecule has 0 bridgehead atoms. The summed E-state index contributed by atoms with van der Waals surface area (Å²) in [6, 6.07) is 4.53. The molecule has 5 rings (SSSR count). The minimum atomic E-state index is -2.77. The van der Waals surface area contributed by atoms with E-state index in [-0.39, 0.29) is 60.2 Å². The molecular weight excluding hydrogens is 492 g/mol. The Morgan fingerprint density at radius 3 is 2.49 bits per heavy atom. The highest BCUT2D eigenvalue weighted by Gasteiger charge is 2.37. The molecule has 1 saturated carbocycles. The molecule has 1 aliphatic heterocycles. The lowest BCUT2D eigenvalue weighted by atomic mass is 9.83. The summed E-state index contributed by atoms with van der Waals surface area (Å²) in [7, 11) is 0. The molecule has 1 atom stereocenters. The van der Waals surface area contributed by atoms with E-state index in [0.29, 0.717) is 25.3 Å². The van der Waals surface area contributed by atoms with Gasteiger partial charge in [-0.15, -0.1) is 0 Å². The summed E-state index contributed by atoms with van der Waals surface area (Å²) in [5.41, 5.74) is 0.669. The minimum absolute atomic E-state index is 0.0844. The van der Waals surface area contributed by atoms with Gasteiger partial charge in [-0.3, -0.25) is 9.78 Å². The third-order valence-corrected chi connectivity index (χ3v) is 6.59. The van der Waals surface area contributed by atoms with Crippen LogP contribution < -0.4 is 10.1 Å². The molecule has 2 aromatic heterocycles. The molecule has 1 saturated heterocycles. The number of anilines is 1. The van der Waals surface area contributed by atoms with Gasteiger partial charge in [-0.1, -0.05) is 0 Å². The fourth-order valence-corrected chi connectivity index (χ4v) is 4.60. The SMILES string of the molecule is O=C(Nc1c(-c2cc(F)ccc2F)ccnc1C1CCC(F)(F)CC1)c1cnc(OC2CCOC2)nc1. The van der Waals surface area contributed by atoms with E-state index < -0.39 is 29.4 Å². The standard InChI is InChI=1S/C26H24F4N4O3/c27-17-1-2-21(28)20(11-17)19-5-9-31-22(15-3-7-26(29,30)8-4-15)23(19)34-24(35)16-12-32-25(33-13-16)37-18-6-10-36-14-18/h1-2,5,9,11-13,15,18H,3-4,6-8,10,14H2,(H,34,35). The normalized spacial score (nSPS) is 19.5. The fourth-order valence-electron chi connectivity index (χ4n) is 4.60. The third-order valence-electron chi connectivity index (χ3n) is 6.59. The molecular formula is C26H24F4N4O3. The zero-order valence-corrected chi connectivity index (χ0v) is 19.7. The minimum Gasteiger partial charge on any atom is -0.458 e. The van der Waals surface area contributed by atoms with E-state index in [9.17, 15) is 22.4 Å². The van der Waals surface area contributed by atoms with Crippen molar-refractivity contribution >= 4 is 11.6 Å². The monoisotopic (exact) mass is 516 g/mol. The molecule has 194 valence electrons. The Kier molecular flexibility index (Phi) is 7.05. The number of benzene rings is 1. The smallest absolute Gasteiger partial charge is 0.316 e. The van der Waals surface area contributed by atoms with Crippen molar-refractivity contribution in [3.63, 3.8) is 0 Å². The summed E-state index contributed by atoms with van der Waals surface area (Å²) in [4.78, 5) is 25.7. The molecule has 0 radical (unpaired) electrons. The number of aromatic nitrogens is 3. The first kappa shape index (κ1) is 25.1. The Balaban J connectivity index is 1.46. The van der Waals surface area contributed by atoms with Crippen molar-refractivity contribution in [1.29, 1.82) is 0 Å². The first-order chi connectivity index (χ1) is 17.8. The molecule has 11 heteroatoms. The van der Waals surface area contributed by atoms with Gasteiger partial charge in [0.15, 0.2) is 0 Å². The summed E-state index contributed by atoms with van der Waals surface area (Å²) in [5.74, 6) is -5.15. The number of rotatable bonds is 6. The molecule has 1 aromatic carbocycles. The van der Waals surface area contributed by atoms with E-state index in [0.717, 1.165) is 18.2 Å². The average Bonchev–Trinajstić information content (AvgIpc) is 3.39. The number of carbonyl (C=O) groups excluding carboxylic acids is 1. The van der Waals surface area contributed by atoms with Crippen LogP contribution in [0.3, 0.4) is 0 Å². The second-order valence-corrected chi connectivity index (χ2v) is 9.19. The van der Waals surface area contributed by atoms with Gasteiger partial charge >= 0.3 is 6.01 Å². The number of carbonyl (C=O) groups is 1. The number of halogens is 4. The second kappa shape index (κ2) is 10.4. The lowest BCUT2D eigenvalue weighted by molar-refractivity contribution is -0.0384. The van der Waals surface area contributed by atoms with Crippen LogP contribution in [-0.2, 0) is 4.74 Å². The highest BCUT2D eigenvalue weighted by molar-refractivity contribution is 6.06. The Hall–Kier alpha value is -3.60. The van der Waals surface area contributed by atoms with Crippen LogP contribution in [0.1, 0.15) is 54.1 Å². The highest BCUT2D eigenvalue weighted by atomic mass is 19.3. The Morgan fingerprint density at radius 1 is 1.03 bits per heavy atom. The lowest BCUT2D eigenvalue weighted by Gasteiger charge is -2.29. The van der Waals surface area contributed by atoms with Gasteiger partial charge in [0.25, 0.3) is 5.91 Å². The molecule has 3 heterocycles. The molecule has 3 aromatic rings. The van der Waals surface area contributed by atoms with Crippen molar-refractivity contribution in [2.24, 2.45) is 0 Å². The van der Waals surface area contributed by atoms with Crippen LogP contribution >= 0.6 is 0 Å². The van der Waals surface area contributed by atoms with E-state index in [2.05, 4.69) is 20.3 Å². The number of nitrogens with one attached hydrogen (secondary N) is 1. The molecule has 0 spiro atoms. The van der Waals surface area contributed by atoms with Gasteiger partial charge < -0.3 is 14.8 Å². The van der Waals surface area contributed by atoms with Gasteiger partial charge in [0, 0.05) is 54.9 Å². The molecule has 2 aliphatic rings. The van der Waals surface area contributed by atoms with Crippen molar-refractivity contribution in [1.82, 2.24) is 15.0 Å². The maximum absolute atomic E-state index is 14.7. The van der Waals surface area contributed by atoms with E-state index in [1.807, 2.05) is 0 Å². The predicted octanol–water partition coefficient (Wildman–Crippen LogP) is 5.53. The van der Waals surface area contributed by atoms with Gasteiger partial charge in [0.1, 0.15) is 17.7 Å². The highest BCUT2D eigenvalue weighted by Crippen LogP contribution is 2.44. The van der Waals surface area contributed by atoms with Crippen LogP contribution in [0.25, 0.3) is 11.1 Å². The van der Waals surface area contributed by atoms with E-state index >= 15 is 0 Å². The van der Waals surface area contributed by atoms with Crippen LogP contribution in [0.15, 0.2) is 42.9 Å². The molecule has 1 amide bonds. The van der Waals surface area contributed by atoms with Gasteiger partial charge in [0.05, 0.1) is 30.2 Å². The van der Waals surface area contributed by atoms with E-state index in [4.69, 9.17) is 9.47 Å². The van der Waals surface area contributed by atoms with Crippen LogP contribution in [0.5, 0.6) is 6.01 Å². The zero-order chi connectivity index (χ0) is 26.0. The molecule has 1 N–H and O–H groups in total. The maximum Gasteiger partial charge on any atom is 0.316 e. The van der Waals surface area contributed by atoms with Gasteiger partial charge in [-0.25, -0.2) is 27.5 Å².